The maximum Gasteiger partial charge on any atom is 0.355 e. The SMILES string of the molecule is CNS(=O)c1ncn2c(=O)n(COC)nnc12. The van der Waals surface area contributed by atoms with Crippen LogP contribution >= 0.6 is 0 Å². The average molecular weight is 258 g/mol. The summed E-state index contributed by atoms with van der Waals surface area (Å²) in [5.74, 6) is 0. The average Bonchev–Trinajstić information content (AvgIpc) is 2.76. The molecular formula is C7H10N6O3S. The Morgan fingerprint density at radius 1 is 1.59 bits per heavy atom. The largest absolute Gasteiger partial charge is 0.362 e. The zero-order chi connectivity index (χ0) is 12.4. The van der Waals surface area contributed by atoms with Gasteiger partial charge in [0, 0.05) is 7.11 Å². The second-order valence-corrected chi connectivity index (χ2v) is 4.34. The number of aromatic nitrogens is 5. The van der Waals surface area contributed by atoms with E-state index in [0.717, 1.165) is 9.08 Å². The van der Waals surface area contributed by atoms with E-state index in [1.54, 1.807) is 0 Å². The van der Waals surface area contributed by atoms with E-state index in [2.05, 4.69) is 20.0 Å². The molecule has 2 rings (SSSR count). The third kappa shape index (κ3) is 1.97. The molecule has 2 heterocycles. The van der Waals surface area contributed by atoms with Gasteiger partial charge >= 0.3 is 5.69 Å². The summed E-state index contributed by atoms with van der Waals surface area (Å²) >= 11 is 0. The molecular weight excluding hydrogens is 248 g/mol. The molecule has 0 aliphatic rings. The lowest BCUT2D eigenvalue weighted by atomic mass is 10.8. The summed E-state index contributed by atoms with van der Waals surface area (Å²) in [4.78, 5) is 15.7. The van der Waals surface area contributed by atoms with Gasteiger partial charge in [0.2, 0.25) is 5.65 Å². The van der Waals surface area contributed by atoms with E-state index in [4.69, 9.17) is 4.74 Å². The highest BCUT2D eigenvalue weighted by molar-refractivity contribution is 7.83. The van der Waals surface area contributed by atoms with Crippen LogP contribution in [0.2, 0.25) is 0 Å². The highest BCUT2D eigenvalue weighted by Crippen LogP contribution is 2.05. The minimum Gasteiger partial charge on any atom is -0.362 e. The number of imidazole rings is 1. The Bertz CT molecular complexity index is 620. The number of fused-ring (bicyclic) bond motifs is 1. The Balaban J connectivity index is 2.62. The van der Waals surface area contributed by atoms with Gasteiger partial charge in [-0.1, -0.05) is 5.21 Å². The molecule has 0 aliphatic carbocycles. The molecule has 0 amide bonds. The van der Waals surface area contributed by atoms with Gasteiger partial charge in [0.25, 0.3) is 0 Å². The van der Waals surface area contributed by atoms with Gasteiger partial charge in [-0.3, -0.25) is 0 Å². The number of hydrogen-bond donors (Lipinski definition) is 1. The molecule has 1 unspecified atom stereocenters. The van der Waals surface area contributed by atoms with Gasteiger partial charge in [-0.05, 0) is 7.05 Å². The normalized spacial score (nSPS) is 13.1. The molecule has 0 aromatic carbocycles. The molecule has 1 N–H and O–H groups in total. The first-order chi connectivity index (χ1) is 8.19. The number of hydrogen-bond acceptors (Lipinski definition) is 6. The Morgan fingerprint density at radius 2 is 2.35 bits per heavy atom. The fourth-order valence-electron chi connectivity index (χ4n) is 1.25. The molecule has 0 saturated carbocycles. The first-order valence-corrected chi connectivity index (χ1v) is 5.73. The summed E-state index contributed by atoms with van der Waals surface area (Å²) in [7, 11) is 1.44. The smallest absolute Gasteiger partial charge is 0.355 e. The third-order valence-corrected chi connectivity index (χ3v) is 3.01. The van der Waals surface area contributed by atoms with Crippen molar-refractivity contribution in [2.24, 2.45) is 0 Å². The lowest BCUT2D eigenvalue weighted by molar-refractivity contribution is 0.111. The molecule has 0 spiro atoms. The van der Waals surface area contributed by atoms with Crippen LogP contribution in [0.15, 0.2) is 16.1 Å². The molecule has 17 heavy (non-hydrogen) atoms. The van der Waals surface area contributed by atoms with Gasteiger partial charge in [0.15, 0.2) is 5.03 Å². The Labute approximate surface area is 98.0 Å². The lowest BCUT2D eigenvalue weighted by Crippen LogP contribution is -2.30. The molecule has 9 nitrogen and oxygen atoms in total. The summed E-state index contributed by atoms with van der Waals surface area (Å²) in [6, 6.07) is 0. The monoisotopic (exact) mass is 258 g/mol. The van der Waals surface area contributed by atoms with Crippen molar-refractivity contribution >= 4 is 16.6 Å². The van der Waals surface area contributed by atoms with Crippen molar-refractivity contribution in [3.63, 3.8) is 0 Å². The molecule has 92 valence electrons. The maximum absolute atomic E-state index is 11.8. The Hall–Kier alpha value is -1.65. The van der Waals surface area contributed by atoms with Crippen molar-refractivity contribution in [1.29, 1.82) is 0 Å². The predicted octanol–water partition coefficient (Wildman–Crippen LogP) is -1.87. The minimum absolute atomic E-state index is 0.00952. The molecule has 2 aromatic rings. The van der Waals surface area contributed by atoms with Crippen LogP contribution in [0.5, 0.6) is 0 Å². The molecule has 1 atom stereocenters. The van der Waals surface area contributed by atoms with Crippen LogP contribution < -0.4 is 10.4 Å². The number of rotatable bonds is 4. The van der Waals surface area contributed by atoms with Gasteiger partial charge in [-0.2, -0.15) is 4.68 Å². The maximum atomic E-state index is 11.8. The Kier molecular flexibility index (Phi) is 3.26. The second-order valence-electron chi connectivity index (χ2n) is 3.01. The molecule has 0 bridgehead atoms. The summed E-state index contributed by atoms with van der Waals surface area (Å²) in [5.41, 5.74) is -0.293. The zero-order valence-corrected chi connectivity index (χ0v) is 9.97. The van der Waals surface area contributed by atoms with Crippen molar-refractivity contribution in [1.82, 2.24) is 29.1 Å². The van der Waals surface area contributed by atoms with E-state index in [-0.39, 0.29) is 17.4 Å². The topological polar surface area (TPSA) is 103 Å². The Morgan fingerprint density at radius 3 is 3.00 bits per heavy atom. The van der Waals surface area contributed by atoms with E-state index in [1.165, 1.54) is 20.5 Å². The first-order valence-electron chi connectivity index (χ1n) is 4.58. The van der Waals surface area contributed by atoms with E-state index in [9.17, 15) is 9.00 Å². The van der Waals surface area contributed by atoms with E-state index >= 15 is 0 Å². The fraction of sp³-hybridized carbons (Fsp3) is 0.429. The van der Waals surface area contributed by atoms with Crippen LogP contribution in [-0.2, 0) is 22.5 Å². The predicted molar refractivity (Wildman–Crippen MR) is 57.5 cm³/mol. The molecule has 0 fully saturated rings. The molecule has 10 heteroatoms. The van der Waals surface area contributed by atoms with Crippen LogP contribution in [-0.4, -0.2) is 42.7 Å². The van der Waals surface area contributed by atoms with Gasteiger partial charge in [0.1, 0.15) is 24.0 Å². The third-order valence-electron chi connectivity index (χ3n) is 2.00. The summed E-state index contributed by atoms with van der Waals surface area (Å²) in [5, 5.41) is 7.61. The van der Waals surface area contributed by atoms with Crippen molar-refractivity contribution in [2.45, 2.75) is 11.8 Å². The van der Waals surface area contributed by atoms with E-state index < -0.39 is 16.7 Å². The standard InChI is InChI=1S/C7H10N6O3S/c1-8-17(15)6-5-10-11-13(4-16-2)7(14)12(5)3-9-6/h3,8H,4H2,1-2H3. The van der Waals surface area contributed by atoms with Gasteiger partial charge in [0.05, 0.1) is 0 Å². The number of methoxy groups -OCH3 is 1. The molecule has 2 aromatic heterocycles. The van der Waals surface area contributed by atoms with Crippen molar-refractivity contribution in [3.05, 3.63) is 16.8 Å². The van der Waals surface area contributed by atoms with Crippen molar-refractivity contribution in [3.8, 4) is 0 Å². The summed E-state index contributed by atoms with van der Waals surface area (Å²) < 4.78 is 21.0. The lowest BCUT2D eigenvalue weighted by Gasteiger charge is -2.01. The summed E-state index contributed by atoms with van der Waals surface area (Å²) in [6.07, 6.45) is 1.25. The molecule has 0 radical (unpaired) electrons. The second kappa shape index (κ2) is 4.69. The van der Waals surface area contributed by atoms with Gasteiger partial charge in [-0.25, -0.2) is 23.1 Å². The number of ether oxygens (including phenoxy) is 1. The van der Waals surface area contributed by atoms with Gasteiger partial charge in [-0.15, -0.1) is 5.10 Å². The van der Waals surface area contributed by atoms with Crippen LogP contribution in [0.1, 0.15) is 0 Å². The minimum atomic E-state index is -1.52. The van der Waals surface area contributed by atoms with E-state index in [1.807, 2.05) is 0 Å². The van der Waals surface area contributed by atoms with Crippen LogP contribution in [0.4, 0.5) is 0 Å². The van der Waals surface area contributed by atoms with Crippen LogP contribution in [0.3, 0.4) is 0 Å². The number of nitrogens with one attached hydrogen (secondary N) is 1. The van der Waals surface area contributed by atoms with E-state index in [0.29, 0.717) is 0 Å². The highest BCUT2D eigenvalue weighted by atomic mass is 32.2. The van der Waals surface area contributed by atoms with Gasteiger partial charge < -0.3 is 4.74 Å². The zero-order valence-electron chi connectivity index (χ0n) is 9.15. The van der Waals surface area contributed by atoms with Crippen molar-refractivity contribution in [2.75, 3.05) is 14.2 Å². The van der Waals surface area contributed by atoms with Crippen LogP contribution in [0, 0.1) is 0 Å². The first kappa shape index (κ1) is 11.8. The van der Waals surface area contributed by atoms with Crippen LogP contribution in [0.25, 0.3) is 5.65 Å². The fourth-order valence-corrected chi connectivity index (χ4v) is 1.89. The molecule has 0 saturated heterocycles. The highest BCUT2D eigenvalue weighted by Gasteiger charge is 2.15. The number of nitrogens with zero attached hydrogens (tertiary/aromatic N) is 5. The van der Waals surface area contributed by atoms with Crippen molar-refractivity contribution < 1.29 is 8.95 Å². The molecule has 0 aliphatic heterocycles. The quantitative estimate of drug-likeness (QED) is 0.689. The summed E-state index contributed by atoms with van der Waals surface area (Å²) in [6.45, 7) is -0.00952.